The highest BCUT2D eigenvalue weighted by Crippen LogP contribution is 2.29. The first-order valence-electron chi connectivity index (χ1n) is 9.96. The third kappa shape index (κ3) is 5.15. The first-order chi connectivity index (χ1) is 16.0. The van der Waals surface area contributed by atoms with Gasteiger partial charge in [-0.25, -0.2) is 19.6 Å². The number of thiazole rings is 1. The van der Waals surface area contributed by atoms with Gasteiger partial charge in [0.15, 0.2) is 12.4 Å². The molecule has 0 spiro atoms. The standard InChI is InChI=1S/C22H20N4O5S2/c1-3-29-22(28)17-12(2)31-20-18(17)19(23)25-16(26-20)8-30-21(27)13-4-6-15(7-5-13)33-10-14-9-32-11-24-14/h4-7,9,11H,3,8,10H2,1-2H3,(H2,23,25,26). The fourth-order valence-corrected chi connectivity index (χ4v) is 4.53. The molecular formula is C22H20N4O5S2. The summed E-state index contributed by atoms with van der Waals surface area (Å²) in [7, 11) is 0. The Morgan fingerprint density at radius 2 is 1.94 bits per heavy atom. The number of furan rings is 1. The number of fused-ring (bicyclic) bond motifs is 1. The smallest absolute Gasteiger partial charge is 0.342 e. The SMILES string of the molecule is CCOC(=O)c1c(C)oc2nc(COC(=O)c3ccc(SCc4cscn4)cc3)nc(N)c12. The van der Waals surface area contributed by atoms with Gasteiger partial charge in [-0.15, -0.1) is 23.1 Å². The number of hydrogen-bond acceptors (Lipinski definition) is 11. The summed E-state index contributed by atoms with van der Waals surface area (Å²) in [5.41, 5.74) is 9.59. The second-order valence-corrected chi connectivity index (χ2v) is 8.60. The van der Waals surface area contributed by atoms with E-state index in [1.807, 2.05) is 17.5 Å². The van der Waals surface area contributed by atoms with Gasteiger partial charge in [-0.1, -0.05) is 0 Å². The maximum atomic E-state index is 12.4. The zero-order chi connectivity index (χ0) is 23.4. The number of rotatable bonds is 8. The molecule has 3 heterocycles. The van der Waals surface area contributed by atoms with Crippen molar-refractivity contribution < 1.29 is 23.5 Å². The molecular weight excluding hydrogens is 464 g/mol. The van der Waals surface area contributed by atoms with Gasteiger partial charge in [-0.2, -0.15) is 4.98 Å². The number of hydrogen-bond donors (Lipinski definition) is 1. The molecule has 9 nitrogen and oxygen atoms in total. The van der Waals surface area contributed by atoms with Crippen molar-refractivity contribution in [2.24, 2.45) is 0 Å². The number of ether oxygens (including phenoxy) is 2. The number of benzene rings is 1. The van der Waals surface area contributed by atoms with Crippen molar-refractivity contribution in [3.8, 4) is 0 Å². The van der Waals surface area contributed by atoms with Crippen molar-refractivity contribution in [1.29, 1.82) is 0 Å². The molecule has 4 aromatic rings. The lowest BCUT2D eigenvalue weighted by atomic mass is 10.2. The van der Waals surface area contributed by atoms with E-state index in [4.69, 9.17) is 19.6 Å². The number of aryl methyl sites for hydroxylation is 1. The Hall–Kier alpha value is -3.44. The van der Waals surface area contributed by atoms with Crippen LogP contribution in [0.25, 0.3) is 11.1 Å². The van der Waals surface area contributed by atoms with Crippen LogP contribution < -0.4 is 5.73 Å². The quantitative estimate of drug-likeness (QED) is 0.284. The van der Waals surface area contributed by atoms with E-state index in [1.54, 1.807) is 54.6 Å². The topological polar surface area (TPSA) is 130 Å². The van der Waals surface area contributed by atoms with Gasteiger partial charge in [0.05, 0.1) is 28.8 Å². The number of esters is 2. The van der Waals surface area contributed by atoms with Crippen LogP contribution in [0.1, 0.15) is 44.9 Å². The Balaban J connectivity index is 1.41. The second kappa shape index (κ2) is 10.0. The average Bonchev–Trinajstić information content (AvgIpc) is 3.44. The minimum Gasteiger partial charge on any atom is -0.462 e. The van der Waals surface area contributed by atoms with E-state index < -0.39 is 11.9 Å². The molecule has 1 aromatic carbocycles. The minimum absolute atomic E-state index is 0.0486. The summed E-state index contributed by atoms with van der Waals surface area (Å²) in [5, 5.41) is 2.29. The molecule has 0 bridgehead atoms. The minimum atomic E-state index is -0.559. The number of nitrogen functional groups attached to an aromatic ring is 1. The van der Waals surface area contributed by atoms with Crippen LogP contribution in [0, 0.1) is 6.92 Å². The molecule has 0 saturated heterocycles. The van der Waals surface area contributed by atoms with Crippen LogP contribution in [0.3, 0.4) is 0 Å². The van der Waals surface area contributed by atoms with Crippen molar-refractivity contribution in [2.75, 3.05) is 12.3 Å². The number of nitrogens with two attached hydrogens (primary N) is 1. The Bertz CT molecular complexity index is 1290. The number of thioether (sulfide) groups is 1. The van der Waals surface area contributed by atoms with Crippen molar-refractivity contribution in [2.45, 2.75) is 31.1 Å². The van der Waals surface area contributed by atoms with E-state index in [0.29, 0.717) is 11.3 Å². The van der Waals surface area contributed by atoms with Gasteiger partial charge in [0.25, 0.3) is 0 Å². The van der Waals surface area contributed by atoms with Crippen molar-refractivity contribution >= 4 is 52.0 Å². The molecule has 3 aromatic heterocycles. The predicted molar refractivity (Wildman–Crippen MR) is 124 cm³/mol. The molecule has 33 heavy (non-hydrogen) atoms. The van der Waals surface area contributed by atoms with Crippen LogP contribution in [0.2, 0.25) is 0 Å². The number of anilines is 1. The van der Waals surface area contributed by atoms with Gasteiger partial charge < -0.3 is 19.6 Å². The summed E-state index contributed by atoms with van der Waals surface area (Å²) in [4.78, 5) is 38.3. The van der Waals surface area contributed by atoms with E-state index >= 15 is 0 Å². The maximum absolute atomic E-state index is 12.4. The molecule has 0 amide bonds. The Labute approximate surface area is 197 Å². The number of carbonyl (C=O) groups excluding carboxylic acids is 2. The number of carbonyl (C=O) groups is 2. The summed E-state index contributed by atoms with van der Waals surface area (Å²) >= 11 is 3.20. The fraction of sp³-hybridized carbons (Fsp3) is 0.227. The molecule has 0 unspecified atom stereocenters. The third-order valence-corrected chi connectivity index (χ3v) is 6.25. The molecule has 0 radical (unpaired) electrons. The van der Waals surface area contributed by atoms with Crippen molar-refractivity contribution in [3.63, 3.8) is 0 Å². The van der Waals surface area contributed by atoms with E-state index in [1.165, 1.54) is 0 Å². The highest BCUT2D eigenvalue weighted by molar-refractivity contribution is 7.98. The molecule has 0 fully saturated rings. The monoisotopic (exact) mass is 484 g/mol. The lowest BCUT2D eigenvalue weighted by Gasteiger charge is -2.06. The number of aromatic nitrogens is 3. The zero-order valence-electron chi connectivity index (χ0n) is 17.9. The van der Waals surface area contributed by atoms with E-state index in [9.17, 15) is 9.59 Å². The maximum Gasteiger partial charge on any atom is 0.342 e. The van der Waals surface area contributed by atoms with E-state index in [2.05, 4.69) is 15.0 Å². The molecule has 0 aliphatic heterocycles. The summed E-state index contributed by atoms with van der Waals surface area (Å²) in [6.07, 6.45) is 0. The van der Waals surface area contributed by atoms with Crippen LogP contribution in [0.15, 0.2) is 44.5 Å². The Kier molecular flexibility index (Phi) is 6.90. The van der Waals surface area contributed by atoms with Gasteiger partial charge in [-0.05, 0) is 38.1 Å². The van der Waals surface area contributed by atoms with Gasteiger partial charge in [0, 0.05) is 16.0 Å². The summed E-state index contributed by atoms with van der Waals surface area (Å²) < 4.78 is 15.9. The molecule has 11 heteroatoms. The molecule has 170 valence electrons. The van der Waals surface area contributed by atoms with Crippen molar-refractivity contribution in [1.82, 2.24) is 15.0 Å². The summed E-state index contributed by atoms with van der Waals surface area (Å²) in [6.45, 7) is 3.34. The van der Waals surface area contributed by atoms with Gasteiger partial charge in [-0.3, -0.25) is 0 Å². The lowest BCUT2D eigenvalue weighted by Crippen LogP contribution is -2.10. The van der Waals surface area contributed by atoms with E-state index in [-0.39, 0.29) is 41.5 Å². The van der Waals surface area contributed by atoms with Crippen LogP contribution in [-0.4, -0.2) is 33.5 Å². The summed E-state index contributed by atoms with van der Waals surface area (Å²) in [6, 6.07) is 7.12. The second-order valence-electron chi connectivity index (χ2n) is 6.83. The highest BCUT2D eigenvalue weighted by Gasteiger charge is 2.24. The molecule has 0 aliphatic rings. The van der Waals surface area contributed by atoms with Gasteiger partial charge >= 0.3 is 11.9 Å². The fourth-order valence-electron chi connectivity index (χ4n) is 3.06. The number of nitrogens with zero attached hydrogens (tertiary/aromatic N) is 3. The lowest BCUT2D eigenvalue weighted by molar-refractivity contribution is 0.0461. The largest absolute Gasteiger partial charge is 0.462 e. The molecule has 0 saturated carbocycles. The van der Waals surface area contributed by atoms with Crippen LogP contribution in [0.5, 0.6) is 0 Å². The average molecular weight is 485 g/mol. The van der Waals surface area contributed by atoms with Crippen LogP contribution >= 0.6 is 23.1 Å². The van der Waals surface area contributed by atoms with Crippen LogP contribution in [-0.2, 0) is 21.8 Å². The normalized spacial score (nSPS) is 11.0. The van der Waals surface area contributed by atoms with Gasteiger partial charge in [0.2, 0.25) is 5.71 Å². The zero-order valence-corrected chi connectivity index (χ0v) is 19.5. The Morgan fingerprint density at radius 1 is 1.15 bits per heavy atom. The van der Waals surface area contributed by atoms with E-state index in [0.717, 1.165) is 16.3 Å². The molecule has 0 atom stereocenters. The third-order valence-electron chi connectivity index (χ3n) is 4.57. The molecule has 2 N–H and O–H groups in total. The highest BCUT2D eigenvalue weighted by atomic mass is 32.2. The molecule has 4 rings (SSSR count). The summed E-state index contributed by atoms with van der Waals surface area (Å²) in [5.74, 6) is 0.220. The van der Waals surface area contributed by atoms with Crippen LogP contribution in [0.4, 0.5) is 5.82 Å². The van der Waals surface area contributed by atoms with Gasteiger partial charge in [0.1, 0.15) is 17.1 Å². The van der Waals surface area contributed by atoms with Crippen molar-refractivity contribution in [3.05, 3.63) is 63.6 Å². The first kappa shape index (κ1) is 22.7. The molecule has 0 aliphatic carbocycles. The Morgan fingerprint density at radius 3 is 2.64 bits per heavy atom. The first-order valence-corrected chi connectivity index (χ1v) is 11.9. The predicted octanol–water partition coefficient (Wildman–Crippen LogP) is 4.40.